The van der Waals surface area contributed by atoms with E-state index in [1.54, 1.807) is 18.2 Å². The Morgan fingerprint density at radius 1 is 1.20 bits per heavy atom. The zero-order chi connectivity index (χ0) is 11.0. The van der Waals surface area contributed by atoms with Gasteiger partial charge in [-0.05, 0) is 32.8 Å². The van der Waals surface area contributed by atoms with Gasteiger partial charge < -0.3 is 0 Å². The maximum atomic E-state index is 13.2. The molecule has 0 saturated heterocycles. The third kappa shape index (κ3) is 1.90. The average Bonchev–Trinajstić information content (AvgIpc) is 2.61. The molecule has 0 saturated carbocycles. The van der Waals surface area contributed by atoms with E-state index in [1.807, 2.05) is 0 Å². The second kappa shape index (κ2) is 4.14. The molecule has 1 atom stereocenters. The lowest BCUT2D eigenvalue weighted by atomic mass is 10.1. The van der Waals surface area contributed by atoms with E-state index in [-0.39, 0.29) is 5.56 Å². The number of alkyl halides is 3. The Labute approximate surface area is 96.8 Å². The third-order valence-electron chi connectivity index (χ3n) is 2.10. The number of hydrogen-bond donors (Lipinski definition) is 0. The van der Waals surface area contributed by atoms with Crippen molar-refractivity contribution in [2.45, 2.75) is 12.6 Å². The fourth-order valence-corrected chi connectivity index (χ4v) is 3.03. The Morgan fingerprint density at radius 2 is 1.93 bits per heavy atom. The van der Waals surface area contributed by atoms with E-state index in [2.05, 4.69) is 15.9 Å². The SMILES string of the molecule is FC(F)C(F)c1csc2c(Br)cccc12. The zero-order valence-electron chi connectivity index (χ0n) is 7.38. The van der Waals surface area contributed by atoms with Gasteiger partial charge >= 0.3 is 0 Å². The van der Waals surface area contributed by atoms with Crippen LogP contribution in [0.5, 0.6) is 0 Å². The lowest BCUT2D eigenvalue weighted by Gasteiger charge is -2.05. The molecule has 0 aliphatic rings. The normalized spacial score (nSPS) is 13.7. The summed E-state index contributed by atoms with van der Waals surface area (Å²) in [4.78, 5) is 0. The molecule has 2 aromatic rings. The van der Waals surface area contributed by atoms with Crippen LogP contribution in [-0.2, 0) is 0 Å². The molecule has 15 heavy (non-hydrogen) atoms. The van der Waals surface area contributed by atoms with Crippen LogP contribution in [0.3, 0.4) is 0 Å². The summed E-state index contributed by atoms with van der Waals surface area (Å²) in [6.07, 6.45) is -5.17. The second-order valence-electron chi connectivity index (χ2n) is 3.04. The van der Waals surface area contributed by atoms with Gasteiger partial charge in [-0.2, -0.15) is 0 Å². The summed E-state index contributed by atoms with van der Waals surface area (Å²) in [5, 5.41) is 2.01. The van der Waals surface area contributed by atoms with E-state index in [0.717, 1.165) is 9.17 Å². The molecule has 0 bridgehead atoms. The van der Waals surface area contributed by atoms with E-state index in [9.17, 15) is 13.2 Å². The molecule has 5 heteroatoms. The van der Waals surface area contributed by atoms with Crippen molar-refractivity contribution in [3.05, 3.63) is 33.6 Å². The highest BCUT2D eigenvalue weighted by Gasteiger charge is 2.24. The van der Waals surface area contributed by atoms with Gasteiger partial charge in [0.25, 0.3) is 6.43 Å². The number of halogens is 4. The first-order valence-electron chi connectivity index (χ1n) is 4.19. The van der Waals surface area contributed by atoms with Crippen molar-refractivity contribution >= 4 is 37.4 Å². The van der Waals surface area contributed by atoms with Gasteiger partial charge in [-0.25, -0.2) is 13.2 Å². The van der Waals surface area contributed by atoms with Gasteiger partial charge in [0.1, 0.15) is 0 Å². The molecule has 2 rings (SSSR count). The van der Waals surface area contributed by atoms with Crippen LogP contribution in [-0.4, -0.2) is 6.43 Å². The highest BCUT2D eigenvalue weighted by molar-refractivity contribution is 9.10. The van der Waals surface area contributed by atoms with E-state index in [4.69, 9.17) is 0 Å². The first kappa shape index (κ1) is 11.0. The van der Waals surface area contributed by atoms with Crippen molar-refractivity contribution in [1.82, 2.24) is 0 Å². The highest BCUT2D eigenvalue weighted by atomic mass is 79.9. The molecule has 0 nitrogen and oxygen atoms in total. The maximum Gasteiger partial charge on any atom is 0.273 e. The van der Waals surface area contributed by atoms with Crippen molar-refractivity contribution in [3.63, 3.8) is 0 Å². The fraction of sp³-hybridized carbons (Fsp3) is 0.200. The molecular formula is C10H6BrF3S. The first-order valence-corrected chi connectivity index (χ1v) is 5.86. The molecule has 0 amide bonds. The molecular weight excluding hydrogens is 289 g/mol. The van der Waals surface area contributed by atoms with Crippen molar-refractivity contribution in [1.29, 1.82) is 0 Å². The summed E-state index contributed by atoms with van der Waals surface area (Å²) in [7, 11) is 0. The third-order valence-corrected chi connectivity index (χ3v) is 4.07. The fourth-order valence-electron chi connectivity index (χ4n) is 1.39. The molecule has 0 fully saturated rings. The molecule has 1 aromatic carbocycles. The monoisotopic (exact) mass is 294 g/mol. The average molecular weight is 295 g/mol. The van der Waals surface area contributed by atoms with Gasteiger partial charge in [-0.3, -0.25) is 0 Å². The molecule has 0 aliphatic carbocycles. The van der Waals surface area contributed by atoms with E-state index in [1.165, 1.54) is 16.7 Å². The van der Waals surface area contributed by atoms with Gasteiger partial charge in [0, 0.05) is 14.7 Å². The van der Waals surface area contributed by atoms with Crippen molar-refractivity contribution in [2.24, 2.45) is 0 Å². The molecule has 1 heterocycles. The number of hydrogen-bond acceptors (Lipinski definition) is 1. The van der Waals surface area contributed by atoms with Crippen LogP contribution in [0.1, 0.15) is 11.7 Å². The smallest absolute Gasteiger partial charge is 0.236 e. The quantitative estimate of drug-likeness (QED) is 0.736. The van der Waals surface area contributed by atoms with Gasteiger partial charge in [0.05, 0.1) is 0 Å². The van der Waals surface area contributed by atoms with Crippen molar-refractivity contribution in [3.8, 4) is 0 Å². The predicted octanol–water partition coefficient (Wildman–Crippen LogP) is 4.94. The van der Waals surface area contributed by atoms with Crippen molar-refractivity contribution < 1.29 is 13.2 Å². The number of benzene rings is 1. The minimum Gasteiger partial charge on any atom is -0.236 e. The summed E-state index contributed by atoms with van der Waals surface area (Å²) in [5.41, 5.74) is 0.0753. The van der Waals surface area contributed by atoms with Crippen LogP contribution in [0.4, 0.5) is 13.2 Å². The van der Waals surface area contributed by atoms with Crippen LogP contribution >= 0.6 is 27.3 Å². The van der Waals surface area contributed by atoms with Gasteiger partial charge in [0.2, 0.25) is 0 Å². The second-order valence-corrected chi connectivity index (χ2v) is 4.78. The summed E-state index contributed by atoms with van der Waals surface area (Å²) >= 11 is 4.56. The summed E-state index contributed by atoms with van der Waals surface area (Å²) in [6, 6.07) is 5.17. The van der Waals surface area contributed by atoms with Crippen LogP contribution in [0.2, 0.25) is 0 Å². The van der Waals surface area contributed by atoms with E-state index >= 15 is 0 Å². The largest absolute Gasteiger partial charge is 0.273 e. The Kier molecular flexibility index (Phi) is 3.02. The van der Waals surface area contributed by atoms with E-state index < -0.39 is 12.6 Å². The lowest BCUT2D eigenvalue weighted by Crippen LogP contribution is -2.01. The molecule has 0 radical (unpaired) electrons. The predicted molar refractivity (Wildman–Crippen MR) is 59.4 cm³/mol. The zero-order valence-corrected chi connectivity index (χ0v) is 9.79. The van der Waals surface area contributed by atoms with Crippen LogP contribution in [0, 0.1) is 0 Å². The lowest BCUT2D eigenvalue weighted by molar-refractivity contribution is 0.0505. The summed E-state index contributed by atoms with van der Waals surface area (Å²) in [6.45, 7) is 0. The molecule has 0 spiro atoms. The van der Waals surface area contributed by atoms with Crippen LogP contribution < -0.4 is 0 Å². The summed E-state index contributed by atoms with van der Waals surface area (Å²) < 4.78 is 39.3. The molecule has 80 valence electrons. The number of thiophene rings is 1. The standard InChI is InChI=1S/C10H6BrF3S/c11-7-3-1-2-5-6(4-15-9(5)7)8(12)10(13)14/h1-4,8,10H. The Hall–Kier alpha value is -0.550. The minimum absolute atomic E-state index is 0.0753. The van der Waals surface area contributed by atoms with Gasteiger partial charge in [0.15, 0.2) is 6.17 Å². The van der Waals surface area contributed by atoms with Crippen LogP contribution in [0.25, 0.3) is 10.1 Å². The topological polar surface area (TPSA) is 0 Å². The minimum atomic E-state index is -2.97. The van der Waals surface area contributed by atoms with Crippen LogP contribution in [0.15, 0.2) is 28.1 Å². The molecule has 0 aliphatic heterocycles. The highest BCUT2D eigenvalue weighted by Crippen LogP contribution is 2.38. The number of rotatable bonds is 2. The molecule has 0 N–H and O–H groups in total. The number of fused-ring (bicyclic) bond motifs is 1. The maximum absolute atomic E-state index is 13.2. The molecule has 1 aromatic heterocycles. The van der Waals surface area contributed by atoms with E-state index in [0.29, 0.717) is 5.39 Å². The van der Waals surface area contributed by atoms with Gasteiger partial charge in [-0.15, -0.1) is 11.3 Å². The van der Waals surface area contributed by atoms with Gasteiger partial charge in [-0.1, -0.05) is 12.1 Å². The Bertz CT molecular complexity index is 480. The molecule has 1 unspecified atom stereocenters. The Morgan fingerprint density at radius 3 is 2.60 bits per heavy atom. The summed E-state index contributed by atoms with van der Waals surface area (Å²) in [5.74, 6) is 0. The Balaban J connectivity index is 2.59. The van der Waals surface area contributed by atoms with Crippen molar-refractivity contribution in [2.75, 3.05) is 0 Å². The first-order chi connectivity index (χ1) is 7.11.